The summed E-state index contributed by atoms with van der Waals surface area (Å²) in [5.41, 5.74) is 3.40. The lowest BCUT2D eigenvalue weighted by molar-refractivity contribution is 0.963. The largest absolute Gasteiger partial charge is 0.355 e. The van der Waals surface area contributed by atoms with Gasteiger partial charge < -0.3 is 5.32 Å². The Morgan fingerprint density at radius 1 is 1.18 bits per heavy atom. The van der Waals surface area contributed by atoms with Crippen molar-refractivity contribution in [1.82, 2.24) is 14.6 Å². The number of nitrogens with zero attached hydrogens (tertiary/aromatic N) is 3. The summed E-state index contributed by atoms with van der Waals surface area (Å²) in [4.78, 5) is 6.90. The molecule has 0 spiro atoms. The number of fused-ring (bicyclic) bond motifs is 1. The van der Waals surface area contributed by atoms with Crippen molar-refractivity contribution >= 4 is 32.8 Å². The molecule has 3 aromatic heterocycles. The first kappa shape index (κ1) is 13.5. The first-order chi connectivity index (χ1) is 10.8. The van der Waals surface area contributed by atoms with Crippen LogP contribution in [0.15, 0.2) is 48.0 Å². The van der Waals surface area contributed by atoms with E-state index in [2.05, 4.69) is 45.9 Å². The molecule has 0 saturated carbocycles. The summed E-state index contributed by atoms with van der Waals surface area (Å²) in [7, 11) is 0. The van der Waals surface area contributed by atoms with Crippen molar-refractivity contribution in [3.8, 4) is 11.3 Å². The summed E-state index contributed by atoms with van der Waals surface area (Å²) < 4.78 is 1.84. The number of nitrogens with one attached hydrogen (secondary N) is 1. The van der Waals surface area contributed by atoms with Crippen LogP contribution in [0, 0.1) is 6.92 Å². The third-order valence-electron chi connectivity index (χ3n) is 3.48. The first-order valence-corrected chi connectivity index (χ1v) is 8.68. The number of thiophene rings is 1. The minimum atomic E-state index is 0.811. The van der Waals surface area contributed by atoms with Crippen molar-refractivity contribution in [2.75, 3.05) is 5.32 Å². The van der Waals surface area contributed by atoms with E-state index in [1.54, 1.807) is 22.7 Å². The van der Waals surface area contributed by atoms with Crippen LogP contribution in [0.4, 0.5) is 5.13 Å². The fraction of sp³-hybridized carbons (Fsp3) is 0.125. The molecule has 1 aromatic carbocycles. The van der Waals surface area contributed by atoms with Crippen LogP contribution in [-0.4, -0.2) is 14.6 Å². The fourth-order valence-electron chi connectivity index (χ4n) is 2.26. The molecule has 0 fully saturated rings. The Hall–Kier alpha value is -2.18. The monoisotopic (exact) mass is 326 g/mol. The first-order valence-electron chi connectivity index (χ1n) is 6.98. The van der Waals surface area contributed by atoms with Crippen molar-refractivity contribution in [2.45, 2.75) is 13.5 Å². The molecule has 0 aliphatic rings. The molecule has 1 N–H and O–H groups in total. The van der Waals surface area contributed by atoms with E-state index in [1.807, 2.05) is 28.9 Å². The molecule has 0 radical (unpaired) electrons. The van der Waals surface area contributed by atoms with Crippen molar-refractivity contribution < 1.29 is 0 Å². The standard InChI is InChI=1S/C16H14N4S2/c1-11-7-8-21-14(11)9-17-15-19-20-10-13(18-16(20)22-15)12-5-3-2-4-6-12/h2-8,10H,9H2,1H3,(H,17,19). The Morgan fingerprint density at radius 2 is 2.05 bits per heavy atom. The Bertz CT molecular complexity index is 873. The summed E-state index contributed by atoms with van der Waals surface area (Å²) in [6.45, 7) is 2.94. The molecule has 4 aromatic rings. The van der Waals surface area contributed by atoms with E-state index >= 15 is 0 Å². The highest BCUT2D eigenvalue weighted by molar-refractivity contribution is 7.20. The number of rotatable bonds is 4. The molecule has 22 heavy (non-hydrogen) atoms. The van der Waals surface area contributed by atoms with Gasteiger partial charge in [0.25, 0.3) is 0 Å². The Balaban J connectivity index is 1.55. The Kier molecular flexibility index (Phi) is 3.40. The van der Waals surface area contributed by atoms with Gasteiger partial charge in [0.1, 0.15) is 0 Å². The van der Waals surface area contributed by atoms with Gasteiger partial charge in [-0.05, 0) is 23.9 Å². The van der Waals surface area contributed by atoms with Crippen molar-refractivity contribution in [1.29, 1.82) is 0 Å². The van der Waals surface area contributed by atoms with Gasteiger partial charge >= 0.3 is 0 Å². The van der Waals surface area contributed by atoms with Crippen LogP contribution in [-0.2, 0) is 6.54 Å². The Morgan fingerprint density at radius 3 is 2.77 bits per heavy atom. The zero-order valence-electron chi connectivity index (χ0n) is 12.0. The van der Waals surface area contributed by atoms with Crippen molar-refractivity contribution in [3.05, 3.63) is 58.4 Å². The maximum atomic E-state index is 4.65. The number of anilines is 1. The van der Waals surface area contributed by atoms with E-state index in [0.29, 0.717) is 0 Å². The quantitative estimate of drug-likeness (QED) is 0.603. The zero-order chi connectivity index (χ0) is 14.9. The number of aryl methyl sites for hydroxylation is 1. The molecule has 0 aliphatic heterocycles. The van der Waals surface area contributed by atoms with Gasteiger partial charge in [0.05, 0.1) is 18.4 Å². The Labute approximate surface area is 136 Å². The lowest BCUT2D eigenvalue weighted by Gasteiger charge is -2.00. The molecule has 0 saturated heterocycles. The van der Waals surface area contributed by atoms with Gasteiger partial charge in [-0.15, -0.1) is 16.4 Å². The van der Waals surface area contributed by atoms with Gasteiger partial charge in [0, 0.05) is 10.4 Å². The number of imidazole rings is 1. The molecule has 0 aliphatic carbocycles. The number of hydrogen-bond donors (Lipinski definition) is 1. The van der Waals surface area contributed by atoms with Crippen molar-refractivity contribution in [3.63, 3.8) is 0 Å². The van der Waals surface area contributed by atoms with Gasteiger partial charge in [-0.25, -0.2) is 9.50 Å². The number of hydrogen-bond acceptors (Lipinski definition) is 5. The minimum Gasteiger partial charge on any atom is -0.355 e. The molecule has 0 unspecified atom stereocenters. The lowest BCUT2D eigenvalue weighted by atomic mass is 10.2. The average Bonchev–Trinajstić information content (AvgIpc) is 3.20. The zero-order valence-corrected chi connectivity index (χ0v) is 13.6. The third-order valence-corrected chi connectivity index (χ3v) is 5.38. The van der Waals surface area contributed by atoms with E-state index in [1.165, 1.54) is 10.4 Å². The highest BCUT2D eigenvalue weighted by Gasteiger charge is 2.09. The molecule has 4 rings (SSSR count). The number of aromatic nitrogens is 3. The topological polar surface area (TPSA) is 42.2 Å². The third kappa shape index (κ3) is 2.51. The highest BCUT2D eigenvalue weighted by atomic mass is 32.1. The summed E-state index contributed by atoms with van der Waals surface area (Å²) in [6.07, 6.45) is 1.97. The second kappa shape index (κ2) is 5.55. The van der Waals surface area contributed by atoms with Crippen LogP contribution in [0.3, 0.4) is 0 Å². The van der Waals surface area contributed by atoms with Gasteiger partial charge in [0.2, 0.25) is 10.1 Å². The summed E-state index contributed by atoms with van der Waals surface area (Å²) >= 11 is 3.34. The predicted molar refractivity (Wildman–Crippen MR) is 92.7 cm³/mol. The van der Waals surface area contributed by atoms with E-state index in [9.17, 15) is 0 Å². The van der Waals surface area contributed by atoms with E-state index < -0.39 is 0 Å². The second-order valence-electron chi connectivity index (χ2n) is 5.01. The van der Waals surface area contributed by atoms with Crippen LogP contribution >= 0.6 is 22.7 Å². The summed E-state index contributed by atoms with van der Waals surface area (Å²) in [5, 5.41) is 11.0. The van der Waals surface area contributed by atoms with Crippen LogP contribution < -0.4 is 5.32 Å². The smallest absolute Gasteiger partial charge is 0.214 e. The van der Waals surface area contributed by atoms with E-state index in [-0.39, 0.29) is 0 Å². The molecule has 110 valence electrons. The number of benzene rings is 1. The van der Waals surface area contributed by atoms with Crippen LogP contribution in [0.1, 0.15) is 10.4 Å². The van der Waals surface area contributed by atoms with Crippen molar-refractivity contribution in [2.24, 2.45) is 0 Å². The molecular formula is C16H14N4S2. The molecule has 0 amide bonds. The van der Waals surface area contributed by atoms with Crippen LogP contribution in [0.25, 0.3) is 16.2 Å². The van der Waals surface area contributed by atoms with E-state index in [0.717, 1.165) is 27.9 Å². The SMILES string of the molecule is Cc1ccsc1CNc1nn2cc(-c3ccccc3)nc2s1. The lowest BCUT2D eigenvalue weighted by Crippen LogP contribution is -1.98. The average molecular weight is 326 g/mol. The summed E-state index contributed by atoms with van der Waals surface area (Å²) in [6, 6.07) is 12.3. The molecule has 4 nitrogen and oxygen atoms in total. The van der Waals surface area contributed by atoms with Crippen LogP contribution in [0.5, 0.6) is 0 Å². The van der Waals surface area contributed by atoms with Crippen LogP contribution in [0.2, 0.25) is 0 Å². The van der Waals surface area contributed by atoms with Gasteiger partial charge in [-0.3, -0.25) is 0 Å². The highest BCUT2D eigenvalue weighted by Crippen LogP contribution is 2.25. The molecule has 6 heteroatoms. The van der Waals surface area contributed by atoms with Gasteiger partial charge in [-0.2, -0.15) is 0 Å². The fourth-order valence-corrected chi connectivity index (χ4v) is 3.88. The normalized spacial score (nSPS) is 11.1. The predicted octanol–water partition coefficient (Wildman–Crippen LogP) is 4.44. The summed E-state index contributed by atoms with van der Waals surface area (Å²) in [5.74, 6) is 0. The molecule has 0 atom stereocenters. The maximum Gasteiger partial charge on any atom is 0.214 e. The van der Waals surface area contributed by atoms with E-state index in [4.69, 9.17) is 0 Å². The molecule has 0 bridgehead atoms. The molecule has 3 heterocycles. The maximum absolute atomic E-state index is 4.65. The van der Waals surface area contributed by atoms with Gasteiger partial charge in [-0.1, -0.05) is 41.7 Å². The minimum absolute atomic E-state index is 0.811. The van der Waals surface area contributed by atoms with Gasteiger partial charge in [0.15, 0.2) is 0 Å². The second-order valence-corrected chi connectivity index (χ2v) is 6.96. The molecular weight excluding hydrogens is 312 g/mol.